The minimum Gasteiger partial charge on any atom is -0.494 e. The number of ether oxygens (including phenoxy) is 2. The lowest BCUT2D eigenvalue weighted by molar-refractivity contribution is 0.0902. The van der Waals surface area contributed by atoms with Gasteiger partial charge in [-0.1, -0.05) is 0 Å². The third kappa shape index (κ3) is 3.67. The van der Waals surface area contributed by atoms with Gasteiger partial charge in [-0.25, -0.2) is 4.98 Å². The van der Waals surface area contributed by atoms with Crippen LogP contribution in [0.1, 0.15) is 32.3 Å². The van der Waals surface area contributed by atoms with Crippen LogP contribution in [-0.4, -0.2) is 47.5 Å². The molecule has 1 aromatic heterocycles. The molecule has 2 aliphatic heterocycles. The molecule has 2 aliphatic rings. The van der Waals surface area contributed by atoms with Crippen molar-refractivity contribution in [1.82, 2.24) is 9.88 Å². The van der Waals surface area contributed by atoms with Crippen LogP contribution in [-0.2, 0) is 11.3 Å². The number of fused-ring (bicyclic) bond motifs is 2. The molecule has 0 saturated carbocycles. The summed E-state index contributed by atoms with van der Waals surface area (Å²) in [6.45, 7) is 8.16. The normalized spacial score (nSPS) is 21.4. The van der Waals surface area contributed by atoms with Crippen molar-refractivity contribution in [2.45, 2.75) is 44.4 Å². The number of aromatic nitrogens is 1. The Morgan fingerprint density at radius 3 is 3.04 bits per heavy atom. The molecule has 4 rings (SSSR count). The van der Waals surface area contributed by atoms with E-state index in [9.17, 15) is 0 Å². The minimum absolute atomic E-state index is 0.317. The molecule has 2 aromatic rings. The molecule has 1 fully saturated rings. The SMILES string of the molecule is CCN=C1Sc2nc3ccc(OCC)cc3cc2CN1CC1CCCO1. The molecule has 6 heteroatoms. The lowest BCUT2D eigenvalue weighted by atomic mass is 10.1. The highest BCUT2D eigenvalue weighted by atomic mass is 32.2. The van der Waals surface area contributed by atoms with Gasteiger partial charge in [-0.05, 0) is 62.7 Å². The average Bonchev–Trinajstić information content (AvgIpc) is 3.14. The second kappa shape index (κ2) is 7.84. The lowest BCUT2D eigenvalue weighted by Gasteiger charge is -2.32. The largest absolute Gasteiger partial charge is 0.494 e. The smallest absolute Gasteiger partial charge is 0.165 e. The van der Waals surface area contributed by atoms with E-state index in [0.717, 1.165) is 65.9 Å². The molecule has 1 aromatic carbocycles. The van der Waals surface area contributed by atoms with Gasteiger partial charge in [0.15, 0.2) is 5.17 Å². The number of hydrogen-bond acceptors (Lipinski definition) is 5. The zero-order chi connectivity index (χ0) is 17.9. The van der Waals surface area contributed by atoms with Gasteiger partial charge >= 0.3 is 0 Å². The van der Waals surface area contributed by atoms with E-state index in [1.165, 1.54) is 5.56 Å². The third-order valence-electron chi connectivity index (χ3n) is 4.70. The molecule has 0 aliphatic carbocycles. The molecule has 26 heavy (non-hydrogen) atoms. The van der Waals surface area contributed by atoms with E-state index in [2.05, 4.69) is 24.0 Å². The molecular weight excluding hydrogens is 346 g/mol. The first-order valence-corrected chi connectivity index (χ1v) is 10.2. The second-order valence-electron chi connectivity index (χ2n) is 6.61. The topological polar surface area (TPSA) is 47.0 Å². The van der Waals surface area contributed by atoms with Crippen LogP contribution in [0.5, 0.6) is 5.75 Å². The number of rotatable bonds is 5. The van der Waals surface area contributed by atoms with Gasteiger partial charge in [0.25, 0.3) is 0 Å². The number of pyridine rings is 1. The van der Waals surface area contributed by atoms with Crippen LogP contribution in [0.15, 0.2) is 34.3 Å². The Morgan fingerprint density at radius 2 is 2.27 bits per heavy atom. The summed E-state index contributed by atoms with van der Waals surface area (Å²) in [6.07, 6.45) is 2.62. The van der Waals surface area contributed by atoms with Crippen LogP contribution in [0, 0.1) is 0 Å². The summed E-state index contributed by atoms with van der Waals surface area (Å²) >= 11 is 1.68. The fraction of sp³-hybridized carbons (Fsp3) is 0.500. The highest BCUT2D eigenvalue weighted by Crippen LogP contribution is 2.34. The summed E-state index contributed by atoms with van der Waals surface area (Å²) in [4.78, 5) is 12.0. The predicted octanol–water partition coefficient (Wildman–Crippen LogP) is 4.10. The van der Waals surface area contributed by atoms with Crippen molar-refractivity contribution in [2.24, 2.45) is 4.99 Å². The van der Waals surface area contributed by atoms with E-state index >= 15 is 0 Å². The van der Waals surface area contributed by atoms with Gasteiger partial charge < -0.3 is 14.4 Å². The monoisotopic (exact) mass is 371 g/mol. The van der Waals surface area contributed by atoms with E-state index in [0.29, 0.717) is 12.7 Å². The number of amidine groups is 1. The quantitative estimate of drug-likeness (QED) is 0.792. The van der Waals surface area contributed by atoms with Crippen LogP contribution in [0.4, 0.5) is 0 Å². The van der Waals surface area contributed by atoms with Crippen molar-refractivity contribution < 1.29 is 9.47 Å². The maximum absolute atomic E-state index is 5.84. The summed E-state index contributed by atoms with van der Waals surface area (Å²) in [5, 5.41) is 3.26. The highest BCUT2D eigenvalue weighted by molar-refractivity contribution is 8.13. The molecule has 0 radical (unpaired) electrons. The van der Waals surface area contributed by atoms with Crippen LogP contribution < -0.4 is 4.74 Å². The van der Waals surface area contributed by atoms with Crippen LogP contribution in [0.3, 0.4) is 0 Å². The second-order valence-corrected chi connectivity index (χ2v) is 7.57. The first-order chi connectivity index (χ1) is 12.8. The van der Waals surface area contributed by atoms with Crippen LogP contribution in [0.25, 0.3) is 10.9 Å². The van der Waals surface area contributed by atoms with Crippen molar-refractivity contribution in [3.63, 3.8) is 0 Å². The summed E-state index contributed by atoms with van der Waals surface area (Å²) in [6, 6.07) is 8.36. The Hall–Kier alpha value is -1.79. The fourth-order valence-electron chi connectivity index (χ4n) is 3.51. The predicted molar refractivity (Wildman–Crippen MR) is 106 cm³/mol. The molecule has 0 amide bonds. The van der Waals surface area contributed by atoms with E-state index < -0.39 is 0 Å². The number of aliphatic imine (C=N–C) groups is 1. The average molecular weight is 372 g/mol. The van der Waals surface area contributed by atoms with Crippen molar-refractivity contribution in [2.75, 3.05) is 26.3 Å². The molecule has 138 valence electrons. The number of nitrogens with zero attached hydrogens (tertiary/aromatic N) is 3. The molecule has 1 atom stereocenters. The van der Waals surface area contributed by atoms with E-state index in [1.54, 1.807) is 11.8 Å². The molecule has 1 saturated heterocycles. The molecule has 3 heterocycles. The third-order valence-corrected chi connectivity index (χ3v) is 5.81. The Labute approximate surface area is 158 Å². The maximum Gasteiger partial charge on any atom is 0.165 e. The first-order valence-electron chi connectivity index (χ1n) is 9.42. The van der Waals surface area contributed by atoms with Gasteiger partial charge in [-0.15, -0.1) is 0 Å². The first kappa shape index (κ1) is 17.6. The standard InChI is InChI=1S/C20H25N3O2S/c1-3-21-20-23(13-17-6-5-9-25-17)12-15-10-14-11-16(24-4-2)7-8-18(14)22-19(15)26-20/h7-8,10-11,17H,3-6,9,12-13H2,1-2H3. The summed E-state index contributed by atoms with van der Waals surface area (Å²) in [5.41, 5.74) is 2.26. The van der Waals surface area contributed by atoms with E-state index in [1.807, 2.05) is 19.1 Å². The Kier molecular flexibility index (Phi) is 5.31. The fourth-order valence-corrected chi connectivity index (χ4v) is 4.54. The number of thioether (sulfide) groups is 1. The zero-order valence-corrected chi connectivity index (χ0v) is 16.2. The Morgan fingerprint density at radius 1 is 1.35 bits per heavy atom. The Balaban J connectivity index is 1.65. The molecule has 5 nitrogen and oxygen atoms in total. The lowest BCUT2D eigenvalue weighted by Crippen LogP contribution is -2.38. The van der Waals surface area contributed by atoms with Crippen LogP contribution >= 0.6 is 11.8 Å². The Bertz CT molecular complexity index is 818. The zero-order valence-electron chi connectivity index (χ0n) is 15.4. The van der Waals surface area contributed by atoms with Gasteiger partial charge in [-0.3, -0.25) is 4.99 Å². The molecular formula is C20H25N3O2S. The van der Waals surface area contributed by atoms with Gasteiger partial charge in [0.2, 0.25) is 0 Å². The van der Waals surface area contributed by atoms with E-state index in [4.69, 9.17) is 19.5 Å². The van der Waals surface area contributed by atoms with Crippen LogP contribution in [0.2, 0.25) is 0 Å². The van der Waals surface area contributed by atoms with Gasteiger partial charge in [0.1, 0.15) is 10.8 Å². The molecule has 1 unspecified atom stereocenters. The number of hydrogen-bond donors (Lipinski definition) is 0. The summed E-state index contributed by atoms with van der Waals surface area (Å²) in [5.74, 6) is 0.898. The summed E-state index contributed by atoms with van der Waals surface area (Å²) in [7, 11) is 0. The van der Waals surface area contributed by atoms with Gasteiger partial charge in [0, 0.05) is 37.2 Å². The molecule has 0 bridgehead atoms. The number of benzene rings is 1. The van der Waals surface area contributed by atoms with Gasteiger partial charge in [0.05, 0.1) is 18.2 Å². The van der Waals surface area contributed by atoms with Gasteiger partial charge in [-0.2, -0.15) is 0 Å². The van der Waals surface area contributed by atoms with Crippen molar-refractivity contribution in [3.05, 3.63) is 29.8 Å². The molecule has 0 N–H and O–H groups in total. The van der Waals surface area contributed by atoms with Crippen molar-refractivity contribution >= 4 is 27.8 Å². The van der Waals surface area contributed by atoms with E-state index in [-0.39, 0.29) is 0 Å². The summed E-state index contributed by atoms with van der Waals surface area (Å²) < 4.78 is 11.5. The molecule has 0 spiro atoms. The highest BCUT2D eigenvalue weighted by Gasteiger charge is 2.27. The minimum atomic E-state index is 0.317. The maximum atomic E-state index is 5.84. The van der Waals surface area contributed by atoms with Crippen molar-refractivity contribution in [1.29, 1.82) is 0 Å². The van der Waals surface area contributed by atoms with Crippen molar-refractivity contribution in [3.8, 4) is 5.75 Å².